The van der Waals surface area contributed by atoms with Gasteiger partial charge in [-0.05, 0) is 29.8 Å². The summed E-state index contributed by atoms with van der Waals surface area (Å²) in [7, 11) is 0. The molecule has 1 aromatic carbocycles. The van der Waals surface area contributed by atoms with Crippen molar-refractivity contribution in [2.75, 3.05) is 5.32 Å². The van der Waals surface area contributed by atoms with Crippen molar-refractivity contribution in [2.45, 2.75) is 6.54 Å². The Labute approximate surface area is 114 Å². The van der Waals surface area contributed by atoms with Crippen molar-refractivity contribution < 1.29 is 9.18 Å². The number of nitrogens with two attached hydrogens (primary N) is 1. The second-order valence-corrected chi connectivity index (χ2v) is 4.30. The van der Waals surface area contributed by atoms with Crippen LogP contribution < -0.4 is 11.1 Å². The van der Waals surface area contributed by atoms with E-state index in [9.17, 15) is 9.18 Å². The number of carbonyl (C=O) groups is 1. The molecule has 0 atom stereocenters. The molecule has 0 spiro atoms. The van der Waals surface area contributed by atoms with E-state index in [0.29, 0.717) is 12.2 Å². The number of carbonyl (C=O) groups excluding carboxylic acids is 1. The van der Waals surface area contributed by atoms with Crippen molar-refractivity contribution in [3.63, 3.8) is 0 Å². The first-order valence-electron chi connectivity index (χ1n) is 5.50. The van der Waals surface area contributed by atoms with Crippen molar-refractivity contribution in [1.29, 1.82) is 0 Å². The predicted octanol–water partition coefficient (Wildman–Crippen LogP) is 2.59. The van der Waals surface area contributed by atoms with Gasteiger partial charge in [0.2, 0.25) is 0 Å². The zero-order chi connectivity index (χ0) is 13.8. The highest BCUT2D eigenvalue weighted by atomic mass is 35.5. The molecule has 19 heavy (non-hydrogen) atoms. The summed E-state index contributed by atoms with van der Waals surface area (Å²) in [4.78, 5) is 14.8. The fourth-order valence-corrected chi connectivity index (χ4v) is 1.73. The van der Waals surface area contributed by atoms with Gasteiger partial charge in [-0.15, -0.1) is 0 Å². The lowest BCUT2D eigenvalue weighted by Gasteiger charge is -2.07. The number of nitrogens with zero attached hydrogens (tertiary/aromatic N) is 1. The third-order valence-electron chi connectivity index (χ3n) is 2.49. The summed E-state index contributed by atoms with van der Waals surface area (Å²) in [5.74, 6) is -1.04. The third kappa shape index (κ3) is 3.42. The van der Waals surface area contributed by atoms with Crippen molar-refractivity contribution in [2.24, 2.45) is 5.73 Å². The number of anilines is 1. The van der Waals surface area contributed by atoms with Gasteiger partial charge in [-0.2, -0.15) is 0 Å². The lowest BCUT2D eigenvalue weighted by molar-refractivity contribution is 0.0995. The summed E-state index contributed by atoms with van der Waals surface area (Å²) in [6, 6.07) is 7.73. The Morgan fingerprint density at radius 1 is 1.37 bits per heavy atom. The Bertz CT molecular complexity index is 619. The molecule has 0 radical (unpaired) electrons. The monoisotopic (exact) mass is 279 g/mol. The first-order valence-corrected chi connectivity index (χ1v) is 5.88. The molecule has 2 rings (SSSR count). The standard InChI is InChI=1S/C13H11ClFN3O/c14-10-5-8(1-2-11(10)15)7-18-9-3-4-17-12(6-9)13(16)19/h1-6H,7H2,(H2,16,19)(H,17,18). The molecule has 3 N–H and O–H groups in total. The number of benzene rings is 1. The number of rotatable bonds is 4. The van der Waals surface area contributed by atoms with Crippen LogP contribution in [-0.2, 0) is 6.54 Å². The van der Waals surface area contributed by atoms with Crippen LogP contribution in [0.3, 0.4) is 0 Å². The Kier molecular flexibility index (Phi) is 3.97. The second kappa shape index (κ2) is 5.67. The number of hydrogen-bond donors (Lipinski definition) is 2. The van der Waals surface area contributed by atoms with E-state index in [0.717, 1.165) is 5.56 Å². The molecule has 2 aromatic rings. The zero-order valence-corrected chi connectivity index (χ0v) is 10.6. The molecule has 0 bridgehead atoms. The van der Waals surface area contributed by atoms with E-state index < -0.39 is 11.7 Å². The van der Waals surface area contributed by atoms with E-state index in [4.69, 9.17) is 17.3 Å². The Morgan fingerprint density at radius 2 is 2.16 bits per heavy atom. The van der Waals surface area contributed by atoms with Crippen LogP contribution in [-0.4, -0.2) is 10.9 Å². The number of halogens is 2. The fraction of sp³-hybridized carbons (Fsp3) is 0.0769. The first kappa shape index (κ1) is 13.3. The van der Waals surface area contributed by atoms with Crippen LogP contribution in [0.2, 0.25) is 5.02 Å². The van der Waals surface area contributed by atoms with Gasteiger partial charge < -0.3 is 11.1 Å². The summed E-state index contributed by atoms with van der Waals surface area (Å²) in [5, 5.41) is 3.15. The molecule has 0 fully saturated rings. The minimum absolute atomic E-state index is 0.0758. The normalized spacial score (nSPS) is 10.2. The summed E-state index contributed by atoms with van der Waals surface area (Å²) < 4.78 is 13.0. The van der Waals surface area contributed by atoms with E-state index in [2.05, 4.69) is 10.3 Å². The van der Waals surface area contributed by atoms with Gasteiger partial charge in [-0.25, -0.2) is 4.39 Å². The maximum atomic E-state index is 13.0. The average Bonchev–Trinajstić information content (AvgIpc) is 2.40. The second-order valence-electron chi connectivity index (χ2n) is 3.90. The highest BCUT2D eigenvalue weighted by Crippen LogP contribution is 2.17. The van der Waals surface area contributed by atoms with Crippen LogP contribution in [0.4, 0.5) is 10.1 Å². The molecule has 98 valence electrons. The van der Waals surface area contributed by atoms with Gasteiger partial charge >= 0.3 is 0 Å². The molecule has 0 saturated heterocycles. The summed E-state index contributed by atoms with van der Waals surface area (Å²) in [6.07, 6.45) is 1.49. The predicted molar refractivity (Wildman–Crippen MR) is 71.5 cm³/mol. The van der Waals surface area contributed by atoms with E-state index in [1.807, 2.05) is 0 Å². The third-order valence-corrected chi connectivity index (χ3v) is 2.78. The van der Waals surface area contributed by atoms with Gasteiger partial charge in [0, 0.05) is 18.4 Å². The summed E-state index contributed by atoms with van der Waals surface area (Å²) in [5.41, 5.74) is 6.84. The number of pyridine rings is 1. The molecule has 1 aromatic heterocycles. The van der Waals surface area contributed by atoms with Gasteiger partial charge in [0.25, 0.3) is 5.91 Å². The Morgan fingerprint density at radius 3 is 2.84 bits per heavy atom. The van der Waals surface area contributed by atoms with Crippen molar-refractivity contribution >= 4 is 23.2 Å². The quantitative estimate of drug-likeness (QED) is 0.904. The smallest absolute Gasteiger partial charge is 0.267 e. The van der Waals surface area contributed by atoms with Crippen LogP contribution in [0, 0.1) is 5.82 Å². The number of hydrogen-bond acceptors (Lipinski definition) is 3. The lowest BCUT2D eigenvalue weighted by atomic mass is 10.2. The number of amides is 1. The van der Waals surface area contributed by atoms with Crippen LogP contribution in [0.5, 0.6) is 0 Å². The Balaban J connectivity index is 2.07. The molecular formula is C13H11ClFN3O. The molecular weight excluding hydrogens is 269 g/mol. The van der Waals surface area contributed by atoms with E-state index in [1.165, 1.54) is 12.3 Å². The molecule has 1 amide bonds. The molecule has 4 nitrogen and oxygen atoms in total. The maximum absolute atomic E-state index is 13.0. The van der Waals surface area contributed by atoms with Crippen LogP contribution in [0.25, 0.3) is 0 Å². The van der Waals surface area contributed by atoms with Crippen LogP contribution in [0.1, 0.15) is 16.1 Å². The van der Waals surface area contributed by atoms with Gasteiger partial charge in [0.05, 0.1) is 5.02 Å². The molecule has 6 heteroatoms. The lowest BCUT2D eigenvalue weighted by Crippen LogP contribution is -2.13. The maximum Gasteiger partial charge on any atom is 0.267 e. The van der Waals surface area contributed by atoms with Gasteiger partial charge in [-0.3, -0.25) is 9.78 Å². The number of nitrogens with one attached hydrogen (secondary N) is 1. The minimum Gasteiger partial charge on any atom is -0.381 e. The van der Waals surface area contributed by atoms with E-state index in [-0.39, 0.29) is 10.7 Å². The molecule has 0 aliphatic rings. The SMILES string of the molecule is NC(=O)c1cc(NCc2ccc(F)c(Cl)c2)ccn1. The molecule has 0 unspecified atom stereocenters. The van der Waals surface area contributed by atoms with Crippen LogP contribution in [0.15, 0.2) is 36.5 Å². The van der Waals surface area contributed by atoms with Gasteiger partial charge in [0.1, 0.15) is 11.5 Å². The summed E-state index contributed by atoms with van der Waals surface area (Å²) >= 11 is 5.69. The molecule has 0 saturated carbocycles. The van der Waals surface area contributed by atoms with Crippen LogP contribution >= 0.6 is 11.6 Å². The topological polar surface area (TPSA) is 68.0 Å². The molecule has 0 aliphatic carbocycles. The summed E-state index contributed by atoms with van der Waals surface area (Å²) in [6.45, 7) is 0.447. The first-order chi connectivity index (χ1) is 9.06. The van der Waals surface area contributed by atoms with E-state index in [1.54, 1.807) is 24.3 Å². The molecule has 0 aliphatic heterocycles. The van der Waals surface area contributed by atoms with Crippen molar-refractivity contribution in [3.8, 4) is 0 Å². The van der Waals surface area contributed by atoms with E-state index >= 15 is 0 Å². The Hall–Kier alpha value is -2.14. The minimum atomic E-state index is -0.589. The van der Waals surface area contributed by atoms with Gasteiger partial charge in [-0.1, -0.05) is 17.7 Å². The number of primary amides is 1. The largest absolute Gasteiger partial charge is 0.381 e. The van der Waals surface area contributed by atoms with Crippen molar-refractivity contribution in [3.05, 3.63) is 58.6 Å². The zero-order valence-electron chi connectivity index (χ0n) is 9.86. The van der Waals surface area contributed by atoms with Gasteiger partial charge in [0.15, 0.2) is 0 Å². The van der Waals surface area contributed by atoms with Crippen molar-refractivity contribution in [1.82, 2.24) is 4.98 Å². The highest BCUT2D eigenvalue weighted by molar-refractivity contribution is 6.30. The highest BCUT2D eigenvalue weighted by Gasteiger charge is 2.04. The number of aromatic nitrogens is 1. The molecule has 1 heterocycles. The average molecular weight is 280 g/mol. The fourth-order valence-electron chi connectivity index (χ4n) is 1.53.